The number of aromatic nitrogens is 1. The monoisotopic (exact) mass is 269 g/mol. The Morgan fingerprint density at radius 3 is 2.70 bits per heavy atom. The third-order valence-corrected chi connectivity index (χ3v) is 2.73. The van der Waals surface area contributed by atoms with Crippen LogP contribution in [0.4, 0.5) is 10.5 Å². The number of amides is 1. The molecule has 5 nitrogen and oxygen atoms in total. The summed E-state index contributed by atoms with van der Waals surface area (Å²) in [5.41, 5.74) is 3.49. The summed E-state index contributed by atoms with van der Waals surface area (Å²) in [5, 5.41) is 11.3. The Labute approximate surface area is 117 Å². The minimum atomic E-state index is -0.462. The first kappa shape index (κ1) is 13.7. The number of carbonyl (C=O) groups is 1. The second kappa shape index (κ2) is 6.43. The molecule has 0 aliphatic carbocycles. The summed E-state index contributed by atoms with van der Waals surface area (Å²) in [5.74, 6) is 0. The van der Waals surface area contributed by atoms with Crippen LogP contribution >= 0.6 is 0 Å². The van der Waals surface area contributed by atoms with Crippen molar-refractivity contribution in [2.24, 2.45) is 0 Å². The van der Waals surface area contributed by atoms with Crippen molar-refractivity contribution in [3.05, 3.63) is 42.1 Å². The molecule has 0 aliphatic heterocycles. The van der Waals surface area contributed by atoms with Gasteiger partial charge in [0.05, 0.1) is 19.1 Å². The Hall–Kier alpha value is -2.74. The number of aromatic amines is 1. The molecule has 0 aliphatic rings. The maximum atomic E-state index is 11.3. The zero-order valence-electron chi connectivity index (χ0n) is 11.1. The minimum Gasteiger partial charge on any atom is -0.450 e. The first-order chi connectivity index (χ1) is 9.72. The number of carbonyl (C=O) groups excluding carboxylic acids is 1. The van der Waals surface area contributed by atoms with E-state index in [1.807, 2.05) is 24.3 Å². The number of H-pyrrole nitrogens is 1. The second-order valence-electron chi connectivity index (χ2n) is 4.15. The largest absolute Gasteiger partial charge is 0.450 e. The normalized spacial score (nSPS) is 9.80. The lowest BCUT2D eigenvalue weighted by molar-refractivity contribution is 0.168. The van der Waals surface area contributed by atoms with Crippen LogP contribution in [0.15, 0.2) is 36.4 Å². The number of nitrogens with one attached hydrogen (secondary N) is 2. The van der Waals surface area contributed by atoms with Gasteiger partial charge in [-0.2, -0.15) is 5.26 Å². The zero-order chi connectivity index (χ0) is 14.4. The van der Waals surface area contributed by atoms with Crippen LogP contribution in [0.3, 0.4) is 0 Å². The van der Waals surface area contributed by atoms with E-state index in [0.29, 0.717) is 18.7 Å². The van der Waals surface area contributed by atoms with Gasteiger partial charge in [-0.15, -0.1) is 0 Å². The van der Waals surface area contributed by atoms with Crippen LogP contribution < -0.4 is 5.32 Å². The van der Waals surface area contributed by atoms with E-state index in [4.69, 9.17) is 10.00 Å². The van der Waals surface area contributed by atoms with Gasteiger partial charge in [-0.3, -0.25) is 5.32 Å². The topological polar surface area (TPSA) is 77.9 Å². The fourth-order valence-corrected chi connectivity index (χ4v) is 1.82. The number of ether oxygens (including phenoxy) is 1. The number of hydrogen-bond acceptors (Lipinski definition) is 3. The molecule has 0 bridgehead atoms. The van der Waals surface area contributed by atoms with Crippen LogP contribution in [0, 0.1) is 11.3 Å². The Morgan fingerprint density at radius 2 is 2.05 bits per heavy atom. The molecule has 20 heavy (non-hydrogen) atoms. The molecule has 5 heteroatoms. The van der Waals surface area contributed by atoms with Crippen LogP contribution in [0.5, 0.6) is 0 Å². The van der Waals surface area contributed by atoms with E-state index >= 15 is 0 Å². The molecule has 102 valence electrons. The average molecular weight is 269 g/mol. The molecule has 0 spiro atoms. The highest BCUT2D eigenvalue weighted by Crippen LogP contribution is 2.21. The summed E-state index contributed by atoms with van der Waals surface area (Å²) < 4.78 is 4.80. The van der Waals surface area contributed by atoms with Crippen LogP contribution in [0.25, 0.3) is 11.3 Å². The van der Waals surface area contributed by atoms with Crippen molar-refractivity contribution in [3.63, 3.8) is 0 Å². The second-order valence-corrected chi connectivity index (χ2v) is 4.15. The van der Waals surface area contributed by atoms with Crippen molar-refractivity contribution < 1.29 is 9.53 Å². The van der Waals surface area contributed by atoms with Crippen molar-refractivity contribution in [2.75, 3.05) is 11.9 Å². The van der Waals surface area contributed by atoms with Crippen molar-refractivity contribution in [2.45, 2.75) is 13.3 Å². The predicted molar refractivity (Wildman–Crippen MR) is 76.2 cm³/mol. The quantitative estimate of drug-likeness (QED) is 0.893. The van der Waals surface area contributed by atoms with E-state index in [2.05, 4.69) is 16.4 Å². The third-order valence-electron chi connectivity index (χ3n) is 2.73. The lowest BCUT2D eigenvalue weighted by Crippen LogP contribution is -2.12. The first-order valence-electron chi connectivity index (χ1n) is 6.32. The molecule has 2 aromatic rings. The molecular weight excluding hydrogens is 254 g/mol. The predicted octanol–water partition coefficient (Wildman–Crippen LogP) is 3.32. The van der Waals surface area contributed by atoms with Gasteiger partial charge < -0.3 is 9.72 Å². The van der Waals surface area contributed by atoms with E-state index in [9.17, 15) is 4.79 Å². The van der Waals surface area contributed by atoms with Crippen molar-refractivity contribution in [3.8, 4) is 17.3 Å². The maximum Gasteiger partial charge on any atom is 0.411 e. The molecule has 1 aromatic carbocycles. The Morgan fingerprint density at radius 1 is 1.30 bits per heavy atom. The van der Waals surface area contributed by atoms with E-state index in [0.717, 1.165) is 17.0 Å². The van der Waals surface area contributed by atoms with E-state index in [-0.39, 0.29) is 0 Å². The van der Waals surface area contributed by atoms with Gasteiger partial charge in [0.15, 0.2) is 0 Å². The standard InChI is InChI=1S/C15H15N3O2/c1-2-20-15(19)18-12-5-3-11(4-6-12)14-8-7-13(17-14)9-10-16/h3-8,17H,2,9H2,1H3,(H,18,19). The summed E-state index contributed by atoms with van der Waals surface area (Å²) in [4.78, 5) is 14.4. The highest BCUT2D eigenvalue weighted by molar-refractivity contribution is 5.85. The summed E-state index contributed by atoms with van der Waals surface area (Å²) in [6, 6.07) is 13.3. The molecular formula is C15H15N3O2. The highest BCUT2D eigenvalue weighted by Gasteiger charge is 2.04. The molecule has 0 unspecified atom stereocenters. The number of anilines is 1. The van der Waals surface area contributed by atoms with Gasteiger partial charge in [0.25, 0.3) is 0 Å². The van der Waals surface area contributed by atoms with Gasteiger partial charge >= 0.3 is 6.09 Å². The SMILES string of the molecule is CCOC(=O)Nc1ccc(-c2ccc(CC#N)[nH]2)cc1. The molecule has 2 rings (SSSR count). The third kappa shape index (κ3) is 3.39. The number of rotatable bonds is 4. The van der Waals surface area contributed by atoms with E-state index in [1.54, 1.807) is 19.1 Å². The summed E-state index contributed by atoms with van der Waals surface area (Å²) in [6.45, 7) is 2.10. The first-order valence-corrected chi connectivity index (χ1v) is 6.32. The van der Waals surface area contributed by atoms with Crippen LogP contribution in [0.1, 0.15) is 12.6 Å². The smallest absolute Gasteiger partial charge is 0.411 e. The van der Waals surface area contributed by atoms with Crippen molar-refractivity contribution >= 4 is 11.8 Å². The molecule has 2 N–H and O–H groups in total. The van der Waals surface area contributed by atoms with Crippen LogP contribution in [0.2, 0.25) is 0 Å². The van der Waals surface area contributed by atoms with Gasteiger partial charge in [-0.05, 0) is 36.8 Å². The fourth-order valence-electron chi connectivity index (χ4n) is 1.82. The summed E-state index contributed by atoms with van der Waals surface area (Å²) >= 11 is 0. The lowest BCUT2D eigenvalue weighted by atomic mass is 10.1. The summed E-state index contributed by atoms with van der Waals surface area (Å²) in [6.07, 6.45) is -0.0981. The molecule has 0 atom stereocenters. The van der Waals surface area contributed by atoms with Crippen LogP contribution in [-0.2, 0) is 11.2 Å². The number of benzene rings is 1. The average Bonchev–Trinajstić information content (AvgIpc) is 2.89. The molecule has 1 amide bonds. The van der Waals surface area contributed by atoms with Gasteiger partial charge in [0.1, 0.15) is 0 Å². The van der Waals surface area contributed by atoms with Crippen molar-refractivity contribution in [1.29, 1.82) is 5.26 Å². The molecule has 1 aromatic heterocycles. The molecule has 0 saturated heterocycles. The highest BCUT2D eigenvalue weighted by atomic mass is 16.5. The van der Waals surface area contributed by atoms with Gasteiger partial charge in [0, 0.05) is 17.1 Å². The van der Waals surface area contributed by atoms with Gasteiger partial charge in [-0.25, -0.2) is 4.79 Å². The molecule has 0 saturated carbocycles. The maximum absolute atomic E-state index is 11.3. The van der Waals surface area contributed by atoms with Gasteiger partial charge in [0.2, 0.25) is 0 Å². The van der Waals surface area contributed by atoms with E-state index < -0.39 is 6.09 Å². The van der Waals surface area contributed by atoms with E-state index in [1.165, 1.54) is 0 Å². The van der Waals surface area contributed by atoms with Crippen LogP contribution in [-0.4, -0.2) is 17.7 Å². The number of nitrogens with zero attached hydrogens (tertiary/aromatic N) is 1. The fraction of sp³-hybridized carbons (Fsp3) is 0.200. The molecule has 1 heterocycles. The zero-order valence-corrected chi connectivity index (χ0v) is 11.1. The number of hydrogen-bond donors (Lipinski definition) is 2. The Kier molecular flexibility index (Phi) is 4.40. The molecule has 0 radical (unpaired) electrons. The Balaban J connectivity index is 2.07. The Bertz CT molecular complexity index is 623. The summed E-state index contributed by atoms with van der Waals surface area (Å²) in [7, 11) is 0. The number of nitriles is 1. The van der Waals surface area contributed by atoms with Gasteiger partial charge in [-0.1, -0.05) is 12.1 Å². The minimum absolute atomic E-state index is 0.341. The lowest BCUT2D eigenvalue weighted by Gasteiger charge is -2.05. The molecule has 0 fully saturated rings. The van der Waals surface area contributed by atoms with Crippen molar-refractivity contribution in [1.82, 2.24) is 4.98 Å².